The summed E-state index contributed by atoms with van der Waals surface area (Å²) in [6.07, 6.45) is 3.76. The molecule has 2 N–H and O–H groups in total. The van der Waals surface area contributed by atoms with E-state index in [-0.39, 0.29) is 48.9 Å². The quantitative estimate of drug-likeness (QED) is 0.691. The molecule has 184 valence electrons. The normalized spacial score (nSPS) is 27.2. The molecule has 35 heavy (non-hydrogen) atoms. The fourth-order valence-electron chi connectivity index (χ4n) is 5.91. The molecule has 2 amide bonds. The Morgan fingerprint density at radius 3 is 2.71 bits per heavy atom. The maximum Gasteiger partial charge on any atom is 0.227 e. The van der Waals surface area contributed by atoms with E-state index >= 15 is 0 Å². The molecule has 3 aliphatic heterocycles. The van der Waals surface area contributed by atoms with Crippen molar-refractivity contribution in [2.75, 3.05) is 18.5 Å². The lowest BCUT2D eigenvalue weighted by Crippen LogP contribution is -2.48. The largest absolute Gasteiger partial charge is 0.487 e. The Labute approximate surface area is 205 Å². The maximum atomic E-state index is 13.2. The molecule has 0 bridgehead atoms. The highest BCUT2D eigenvalue weighted by Gasteiger charge is 2.46. The number of amides is 2. The Morgan fingerprint density at radius 2 is 1.94 bits per heavy atom. The Balaban J connectivity index is 1.15. The number of carbonyl (C=O) groups excluding carboxylic acids is 2. The standard InChI is InChI=1S/C28H32N2O5/c31-16-25-27-23(22-12-20(8-9-24(22)35-27)29-28(33)18-6-3-7-18)13-21(34-25)14-26(32)30-11-10-17-4-1-2-5-19(17)15-30/h1-2,4-5,8-9,12,18,21,23,25,27,31H,3,6-7,10-11,13-16H2,(H,29,33)/t21-,23-,25-,27+/m0/s1. The summed E-state index contributed by atoms with van der Waals surface area (Å²) < 4.78 is 12.3. The third kappa shape index (κ3) is 4.32. The number of ether oxygens (including phenoxy) is 2. The first-order chi connectivity index (χ1) is 17.1. The summed E-state index contributed by atoms with van der Waals surface area (Å²) >= 11 is 0. The van der Waals surface area contributed by atoms with Gasteiger partial charge in [-0.15, -0.1) is 0 Å². The molecule has 2 aromatic carbocycles. The second-order valence-corrected chi connectivity index (χ2v) is 10.3. The lowest BCUT2D eigenvalue weighted by molar-refractivity contribution is -0.149. The minimum absolute atomic E-state index is 0.0105. The lowest BCUT2D eigenvalue weighted by Gasteiger charge is -2.38. The van der Waals surface area contributed by atoms with Crippen molar-refractivity contribution >= 4 is 17.5 Å². The first-order valence-corrected chi connectivity index (χ1v) is 12.8. The number of hydrogen-bond acceptors (Lipinski definition) is 5. The molecular weight excluding hydrogens is 444 g/mol. The molecule has 1 aliphatic carbocycles. The van der Waals surface area contributed by atoms with Gasteiger partial charge in [0.2, 0.25) is 11.8 Å². The molecule has 4 aliphatic rings. The zero-order chi connectivity index (χ0) is 23.9. The topological polar surface area (TPSA) is 88.1 Å². The lowest BCUT2D eigenvalue weighted by atomic mass is 9.83. The van der Waals surface area contributed by atoms with Crippen LogP contribution in [0, 0.1) is 5.92 Å². The Bertz CT molecular complexity index is 1130. The third-order valence-electron chi connectivity index (χ3n) is 8.13. The number of nitrogens with one attached hydrogen (secondary N) is 1. The minimum atomic E-state index is -0.492. The number of anilines is 1. The Kier molecular flexibility index (Phi) is 5.98. The summed E-state index contributed by atoms with van der Waals surface area (Å²) in [6.45, 7) is 1.18. The van der Waals surface area contributed by atoms with Gasteiger partial charge in [-0.3, -0.25) is 9.59 Å². The number of aliphatic hydroxyl groups excluding tert-OH is 1. The minimum Gasteiger partial charge on any atom is -0.487 e. The van der Waals surface area contributed by atoms with E-state index in [0.29, 0.717) is 19.5 Å². The van der Waals surface area contributed by atoms with Crippen LogP contribution >= 0.6 is 0 Å². The van der Waals surface area contributed by atoms with E-state index < -0.39 is 6.10 Å². The number of rotatable bonds is 5. The van der Waals surface area contributed by atoms with Crippen LogP contribution in [0.5, 0.6) is 5.75 Å². The van der Waals surface area contributed by atoms with Crippen LogP contribution in [0.15, 0.2) is 42.5 Å². The van der Waals surface area contributed by atoms with Crippen LogP contribution in [0.25, 0.3) is 0 Å². The molecule has 0 aromatic heterocycles. The molecule has 0 radical (unpaired) electrons. The first-order valence-electron chi connectivity index (χ1n) is 12.8. The Hall–Kier alpha value is -2.90. The number of nitrogens with zero attached hydrogens (tertiary/aromatic N) is 1. The van der Waals surface area contributed by atoms with E-state index in [4.69, 9.17) is 9.47 Å². The molecule has 4 atom stereocenters. The van der Waals surface area contributed by atoms with Crippen molar-refractivity contribution in [3.63, 3.8) is 0 Å². The zero-order valence-corrected chi connectivity index (χ0v) is 19.8. The van der Waals surface area contributed by atoms with Gasteiger partial charge >= 0.3 is 0 Å². The Morgan fingerprint density at radius 1 is 1.11 bits per heavy atom. The summed E-state index contributed by atoms with van der Waals surface area (Å²) in [5.41, 5.74) is 4.32. The maximum absolute atomic E-state index is 13.2. The fourth-order valence-corrected chi connectivity index (χ4v) is 5.91. The SMILES string of the molecule is O=C(Nc1ccc2c(c1)[C@@H]1C[C@@H](CC(=O)N3CCc4ccccc4C3)O[C@@H](CO)[C@@H]1O2)C1CCC1. The van der Waals surface area contributed by atoms with Crippen molar-refractivity contribution in [2.24, 2.45) is 5.92 Å². The van der Waals surface area contributed by atoms with Crippen molar-refractivity contribution in [2.45, 2.75) is 69.3 Å². The van der Waals surface area contributed by atoms with Gasteiger partial charge in [0.1, 0.15) is 18.0 Å². The molecule has 7 nitrogen and oxygen atoms in total. The van der Waals surface area contributed by atoms with Crippen LogP contribution in [-0.4, -0.2) is 53.3 Å². The number of carbonyl (C=O) groups is 2. The second kappa shape index (κ2) is 9.28. The predicted octanol–water partition coefficient (Wildman–Crippen LogP) is 3.39. The van der Waals surface area contributed by atoms with Gasteiger partial charge in [0.05, 0.1) is 19.1 Å². The molecule has 7 heteroatoms. The molecule has 1 saturated carbocycles. The summed E-state index contributed by atoms with van der Waals surface area (Å²) in [5.74, 6) is 1.06. The van der Waals surface area contributed by atoms with Gasteiger partial charge in [-0.2, -0.15) is 0 Å². The van der Waals surface area contributed by atoms with Crippen LogP contribution in [0.3, 0.4) is 0 Å². The molecule has 6 rings (SSSR count). The van der Waals surface area contributed by atoms with Gasteiger partial charge in [-0.05, 0) is 55.0 Å². The van der Waals surface area contributed by atoms with E-state index in [1.165, 1.54) is 11.1 Å². The number of hydrogen-bond donors (Lipinski definition) is 2. The zero-order valence-electron chi connectivity index (χ0n) is 19.8. The molecular formula is C28H32N2O5. The monoisotopic (exact) mass is 476 g/mol. The number of aliphatic hydroxyl groups is 1. The average molecular weight is 477 g/mol. The molecule has 2 aromatic rings. The summed E-state index contributed by atoms with van der Waals surface area (Å²) in [7, 11) is 0. The van der Waals surface area contributed by atoms with Crippen LogP contribution in [0.1, 0.15) is 54.7 Å². The predicted molar refractivity (Wildman–Crippen MR) is 130 cm³/mol. The van der Waals surface area contributed by atoms with Gasteiger partial charge in [-0.25, -0.2) is 0 Å². The molecule has 0 unspecified atom stereocenters. The van der Waals surface area contributed by atoms with Crippen molar-refractivity contribution < 1.29 is 24.2 Å². The highest BCUT2D eigenvalue weighted by atomic mass is 16.6. The fraction of sp³-hybridized carbons (Fsp3) is 0.500. The van der Waals surface area contributed by atoms with Crippen LogP contribution in [0.2, 0.25) is 0 Å². The van der Waals surface area contributed by atoms with Crippen LogP contribution in [-0.2, 0) is 27.3 Å². The first kappa shape index (κ1) is 22.6. The van der Waals surface area contributed by atoms with E-state index in [9.17, 15) is 14.7 Å². The van der Waals surface area contributed by atoms with Gasteiger partial charge in [-0.1, -0.05) is 30.7 Å². The second-order valence-electron chi connectivity index (χ2n) is 10.3. The smallest absolute Gasteiger partial charge is 0.227 e. The highest BCUT2D eigenvalue weighted by molar-refractivity contribution is 5.93. The van der Waals surface area contributed by atoms with E-state index in [2.05, 4.69) is 17.4 Å². The van der Waals surface area contributed by atoms with E-state index in [1.807, 2.05) is 35.2 Å². The van der Waals surface area contributed by atoms with Gasteiger partial charge < -0.3 is 24.8 Å². The summed E-state index contributed by atoms with van der Waals surface area (Å²) in [6, 6.07) is 14.0. The van der Waals surface area contributed by atoms with E-state index in [0.717, 1.165) is 42.7 Å². The molecule has 3 heterocycles. The molecule has 2 fully saturated rings. The van der Waals surface area contributed by atoms with Crippen LogP contribution in [0.4, 0.5) is 5.69 Å². The highest BCUT2D eigenvalue weighted by Crippen LogP contribution is 2.47. The third-order valence-corrected chi connectivity index (χ3v) is 8.13. The average Bonchev–Trinajstić information content (AvgIpc) is 3.20. The van der Waals surface area contributed by atoms with Gasteiger partial charge in [0.15, 0.2) is 0 Å². The molecule has 1 saturated heterocycles. The van der Waals surface area contributed by atoms with Crippen molar-refractivity contribution in [1.82, 2.24) is 4.90 Å². The van der Waals surface area contributed by atoms with E-state index in [1.54, 1.807) is 0 Å². The van der Waals surface area contributed by atoms with Crippen molar-refractivity contribution in [3.05, 3.63) is 59.2 Å². The van der Waals surface area contributed by atoms with Crippen molar-refractivity contribution in [1.29, 1.82) is 0 Å². The number of fused-ring (bicyclic) bond motifs is 4. The summed E-state index contributed by atoms with van der Waals surface area (Å²) in [5, 5.41) is 13.1. The van der Waals surface area contributed by atoms with Gasteiger partial charge in [0.25, 0.3) is 0 Å². The molecule has 0 spiro atoms. The summed E-state index contributed by atoms with van der Waals surface area (Å²) in [4.78, 5) is 27.5. The van der Waals surface area contributed by atoms with Gasteiger partial charge in [0, 0.05) is 36.2 Å². The number of benzene rings is 2. The van der Waals surface area contributed by atoms with Crippen LogP contribution < -0.4 is 10.1 Å². The van der Waals surface area contributed by atoms with Crippen molar-refractivity contribution in [3.8, 4) is 5.75 Å².